The molecule has 1 aliphatic carbocycles. The van der Waals surface area contributed by atoms with Gasteiger partial charge in [0.2, 0.25) is 0 Å². The van der Waals surface area contributed by atoms with Crippen molar-refractivity contribution >= 4 is 15.5 Å². The number of nitrogens with two attached hydrogens (primary N) is 1. The van der Waals surface area contributed by atoms with E-state index in [1.54, 1.807) is 12.1 Å². The third-order valence-corrected chi connectivity index (χ3v) is 7.14. The summed E-state index contributed by atoms with van der Waals surface area (Å²) in [6, 6.07) is 5.20. The lowest BCUT2D eigenvalue weighted by atomic mass is 9.92. The largest absolute Gasteiger partial charge is 0.398 e. The van der Waals surface area contributed by atoms with Crippen LogP contribution in [-0.2, 0) is 14.6 Å². The van der Waals surface area contributed by atoms with Crippen molar-refractivity contribution in [2.24, 2.45) is 0 Å². The van der Waals surface area contributed by atoms with Gasteiger partial charge in [-0.05, 0) is 50.3 Å². The summed E-state index contributed by atoms with van der Waals surface area (Å²) in [6.45, 7) is 2.45. The molecule has 0 amide bonds. The van der Waals surface area contributed by atoms with Gasteiger partial charge in [-0.1, -0.05) is 18.9 Å². The van der Waals surface area contributed by atoms with E-state index in [9.17, 15) is 8.42 Å². The molecule has 0 aromatic heterocycles. The normalized spacial score (nSPS) is 25.3. The third-order valence-electron chi connectivity index (χ3n) is 4.87. The molecule has 3 rings (SSSR count). The Bertz CT molecular complexity index is 633. The lowest BCUT2D eigenvalue weighted by Crippen LogP contribution is -2.42. The first-order chi connectivity index (χ1) is 9.93. The first kappa shape index (κ1) is 14.9. The lowest BCUT2D eigenvalue weighted by molar-refractivity contribution is -0.0713. The van der Waals surface area contributed by atoms with Crippen LogP contribution in [0.15, 0.2) is 23.1 Å². The van der Waals surface area contributed by atoms with Crippen molar-refractivity contribution in [2.75, 3.05) is 12.3 Å². The summed E-state index contributed by atoms with van der Waals surface area (Å²) in [6.07, 6.45) is 5.43. The van der Waals surface area contributed by atoms with Gasteiger partial charge in [0.15, 0.2) is 9.84 Å². The predicted molar refractivity (Wildman–Crippen MR) is 83.0 cm³/mol. The average molecular weight is 309 g/mol. The van der Waals surface area contributed by atoms with Gasteiger partial charge in [0.1, 0.15) is 0 Å². The zero-order chi connectivity index (χ0) is 15.1. The smallest absolute Gasteiger partial charge is 0.183 e. The summed E-state index contributed by atoms with van der Waals surface area (Å²) in [5.41, 5.74) is 7.09. The second-order valence-corrected chi connectivity index (χ2v) is 8.64. The first-order valence-electron chi connectivity index (χ1n) is 7.67. The molecule has 1 spiro atoms. The molecule has 1 aromatic rings. The third kappa shape index (κ3) is 2.69. The van der Waals surface area contributed by atoms with Crippen molar-refractivity contribution < 1.29 is 13.2 Å². The molecule has 1 saturated heterocycles. The molecule has 1 unspecified atom stereocenters. The van der Waals surface area contributed by atoms with Crippen molar-refractivity contribution in [3.05, 3.63) is 23.8 Å². The van der Waals surface area contributed by atoms with Gasteiger partial charge in [0.05, 0.1) is 21.4 Å². The molecule has 21 heavy (non-hydrogen) atoms. The Hall–Kier alpha value is -1.07. The van der Waals surface area contributed by atoms with Crippen LogP contribution in [0, 0.1) is 6.92 Å². The predicted octanol–water partition coefficient (Wildman–Crippen LogP) is 2.84. The van der Waals surface area contributed by atoms with Crippen LogP contribution in [0.5, 0.6) is 0 Å². The van der Waals surface area contributed by atoms with Crippen molar-refractivity contribution in [3.63, 3.8) is 0 Å². The van der Waals surface area contributed by atoms with Gasteiger partial charge in [0.25, 0.3) is 0 Å². The van der Waals surface area contributed by atoms with Crippen LogP contribution >= 0.6 is 0 Å². The first-order valence-corrected chi connectivity index (χ1v) is 9.22. The van der Waals surface area contributed by atoms with E-state index in [0.29, 0.717) is 25.1 Å². The van der Waals surface area contributed by atoms with Crippen molar-refractivity contribution in [1.82, 2.24) is 0 Å². The van der Waals surface area contributed by atoms with E-state index in [-0.39, 0.29) is 15.7 Å². The van der Waals surface area contributed by atoms with E-state index in [1.807, 2.05) is 13.0 Å². The topological polar surface area (TPSA) is 69.4 Å². The Morgan fingerprint density at radius 1 is 1.29 bits per heavy atom. The summed E-state index contributed by atoms with van der Waals surface area (Å²) in [5, 5.41) is -0.366. The number of aryl methyl sites for hydroxylation is 1. The van der Waals surface area contributed by atoms with Gasteiger partial charge in [-0.15, -0.1) is 0 Å². The van der Waals surface area contributed by atoms with Gasteiger partial charge in [-0.25, -0.2) is 8.42 Å². The fourth-order valence-electron chi connectivity index (χ4n) is 3.72. The van der Waals surface area contributed by atoms with Gasteiger partial charge < -0.3 is 10.5 Å². The van der Waals surface area contributed by atoms with E-state index in [0.717, 1.165) is 31.2 Å². The van der Waals surface area contributed by atoms with Crippen LogP contribution in [0.2, 0.25) is 0 Å². The highest BCUT2D eigenvalue weighted by molar-refractivity contribution is 7.92. The van der Waals surface area contributed by atoms with E-state index in [1.165, 1.54) is 0 Å². The summed E-state index contributed by atoms with van der Waals surface area (Å²) in [4.78, 5) is 0.285. The molecule has 2 aliphatic rings. The zero-order valence-corrected chi connectivity index (χ0v) is 13.3. The lowest BCUT2D eigenvalue weighted by Gasteiger charge is -2.38. The molecule has 1 heterocycles. The van der Waals surface area contributed by atoms with E-state index >= 15 is 0 Å². The zero-order valence-electron chi connectivity index (χ0n) is 12.5. The maximum atomic E-state index is 12.9. The van der Waals surface area contributed by atoms with Crippen molar-refractivity contribution in [3.8, 4) is 0 Å². The molecule has 116 valence electrons. The number of hydrogen-bond acceptors (Lipinski definition) is 4. The minimum atomic E-state index is -3.38. The molecule has 1 atom stereocenters. The van der Waals surface area contributed by atoms with Crippen molar-refractivity contribution in [1.29, 1.82) is 0 Å². The monoisotopic (exact) mass is 309 g/mol. The Kier molecular flexibility index (Phi) is 3.74. The molecule has 0 bridgehead atoms. The highest BCUT2D eigenvalue weighted by atomic mass is 32.2. The van der Waals surface area contributed by atoms with Gasteiger partial charge >= 0.3 is 0 Å². The number of benzene rings is 1. The van der Waals surface area contributed by atoms with E-state index < -0.39 is 9.84 Å². The minimum absolute atomic E-state index is 0.199. The number of rotatable bonds is 2. The molecule has 1 aromatic carbocycles. The second-order valence-electron chi connectivity index (χ2n) is 6.44. The minimum Gasteiger partial charge on any atom is -0.398 e. The quantitative estimate of drug-likeness (QED) is 0.853. The molecular formula is C16H23NO3S. The Morgan fingerprint density at radius 2 is 2.00 bits per heavy atom. The van der Waals surface area contributed by atoms with Crippen LogP contribution in [0.25, 0.3) is 0 Å². The van der Waals surface area contributed by atoms with Crippen LogP contribution < -0.4 is 5.73 Å². The average Bonchev–Trinajstić information content (AvgIpc) is 2.86. The van der Waals surface area contributed by atoms with Crippen LogP contribution in [0.1, 0.15) is 44.1 Å². The molecule has 1 saturated carbocycles. The van der Waals surface area contributed by atoms with Gasteiger partial charge in [0, 0.05) is 6.61 Å². The summed E-state index contributed by atoms with van der Waals surface area (Å²) >= 11 is 0. The fraction of sp³-hybridized carbons (Fsp3) is 0.625. The van der Waals surface area contributed by atoms with Crippen LogP contribution in [0.4, 0.5) is 5.69 Å². The highest BCUT2D eigenvalue weighted by Crippen LogP contribution is 2.43. The summed E-state index contributed by atoms with van der Waals surface area (Å²) < 4.78 is 31.8. The molecule has 4 nitrogen and oxygen atoms in total. The highest BCUT2D eigenvalue weighted by Gasteiger charge is 2.44. The SMILES string of the molecule is Cc1ccc(S(=O)(=O)C2CCOC3(CCCC3)C2)c(N)c1. The molecule has 2 fully saturated rings. The Morgan fingerprint density at radius 3 is 2.67 bits per heavy atom. The standard InChI is InChI=1S/C16H23NO3S/c1-12-4-5-15(14(17)10-12)21(18,19)13-6-9-20-16(11-13)7-2-3-8-16/h4-5,10,13H,2-3,6-9,11,17H2,1H3. The number of ether oxygens (including phenoxy) is 1. The molecule has 1 aliphatic heterocycles. The van der Waals surface area contributed by atoms with Gasteiger partial charge in [-0.2, -0.15) is 0 Å². The maximum absolute atomic E-state index is 12.9. The Balaban J connectivity index is 1.90. The molecular weight excluding hydrogens is 286 g/mol. The van der Waals surface area contributed by atoms with E-state index in [4.69, 9.17) is 10.5 Å². The molecule has 2 N–H and O–H groups in total. The Labute approximate surface area is 126 Å². The second kappa shape index (κ2) is 5.29. The number of sulfone groups is 1. The van der Waals surface area contributed by atoms with Gasteiger partial charge in [-0.3, -0.25) is 0 Å². The fourth-order valence-corrected chi connectivity index (χ4v) is 5.66. The van der Waals surface area contributed by atoms with Crippen LogP contribution in [0.3, 0.4) is 0 Å². The maximum Gasteiger partial charge on any atom is 0.183 e. The summed E-state index contributed by atoms with van der Waals surface area (Å²) in [5.74, 6) is 0. The number of hydrogen-bond donors (Lipinski definition) is 1. The van der Waals surface area contributed by atoms with E-state index in [2.05, 4.69) is 0 Å². The summed E-state index contributed by atoms with van der Waals surface area (Å²) in [7, 11) is -3.38. The number of anilines is 1. The number of nitrogen functional groups attached to an aromatic ring is 1. The molecule has 5 heteroatoms. The molecule has 0 radical (unpaired) electrons. The van der Waals surface area contributed by atoms with Crippen LogP contribution in [-0.4, -0.2) is 25.9 Å². The van der Waals surface area contributed by atoms with Crippen molar-refractivity contribution in [2.45, 2.75) is 61.2 Å².